The molecule has 0 atom stereocenters. The van der Waals surface area contributed by atoms with Crippen molar-refractivity contribution in [3.05, 3.63) is 81.2 Å². The number of hydrogen-bond donors (Lipinski definition) is 1. The van der Waals surface area contributed by atoms with Crippen molar-refractivity contribution < 1.29 is 23.8 Å². The minimum Gasteiger partial charge on any atom is -0.493 e. The molecule has 0 aliphatic heterocycles. The molecule has 36 heavy (non-hydrogen) atoms. The van der Waals surface area contributed by atoms with Crippen LogP contribution in [0.5, 0.6) is 11.5 Å². The predicted molar refractivity (Wildman–Crippen MR) is 143 cm³/mol. The van der Waals surface area contributed by atoms with Crippen molar-refractivity contribution in [3.63, 3.8) is 0 Å². The fourth-order valence-electron chi connectivity index (χ4n) is 4.23. The highest BCUT2D eigenvalue weighted by molar-refractivity contribution is 7.17. The second kappa shape index (κ2) is 11.9. The molecule has 0 spiro atoms. The van der Waals surface area contributed by atoms with Gasteiger partial charge < -0.3 is 19.5 Å². The van der Waals surface area contributed by atoms with E-state index >= 15 is 0 Å². The highest BCUT2D eigenvalue weighted by Crippen LogP contribution is 2.38. The predicted octanol–water partition coefficient (Wildman–Crippen LogP) is 6.35. The average molecular weight is 506 g/mol. The molecular weight excluding hydrogens is 474 g/mol. The number of aryl methyl sites for hydroxylation is 2. The maximum atomic E-state index is 12.7. The zero-order valence-corrected chi connectivity index (χ0v) is 21.7. The van der Waals surface area contributed by atoms with Gasteiger partial charge in [0, 0.05) is 11.0 Å². The Hall–Kier alpha value is -3.58. The third-order valence-corrected chi connectivity index (χ3v) is 7.35. The number of benzene rings is 2. The number of anilines is 1. The largest absolute Gasteiger partial charge is 0.493 e. The molecule has 0 saturated heterocycles. The van der Waals surface area contributed by atoms with E-state index in [2.05, 4.69) is 18.3 Å². The van der Waals surface area contributed by atoms with E-state index in [-0.39, 0.29) is 11.9 Å². The summed E-state index contributed by atoms with van der Waals surface area (Å²) < 4.78 is 16.8. The molecule has 0 unspecified atom stereocenters. The third kappa shape index (κ3) is 5.97. The van der Waals surface area contributed by atoms with Gasteiger partial charge in [-0.1, -0.05) is 30.3 Å². The molecule has 0 fully saturated rings. The van der Waals surface area contributed by atoms with Crippen molar-refractivity contribution in [2.45, 2.75) is 46.1 Å². The molecule has 0 saturated carbocycles. The number of thiophene rings is 1. The first kappa shape index (κ1) is 25.5. The van der Waals surface area contributed by atoms with Gasteiger partial charge in [-0.2, -0.15) is 0 Å². The molecule has 1 aliphatic rings. The van der Waals surface area contributed by atoms with Crippen molar-refractivity contribution in [3.8, 4) is 11.5 Å². The van der Waals surface area contributed by atoms with Crippen LogP contribution in [0.2, 0.25) is 0 Å². The van der Waals surface area contributed by atoms with Crippen LogP contribution in [0.15, 0.2) is 48.5 Å². The first-order chi connectivity index (χ1) is 17.5. The highest BCUT2D eigenvalue weighted by Gasteiger charge is 2.26. The molecule has 1 aromatic heterocycles. The second-order valence-electron chi connectivity index (χ2n) is 8.58. The maximum absolute atomic E-state index is 12.7. The van der Waals surface area contributed by atoms with Crippen LogP contribution < -0.4 is 14.8 Å². The van der Waals surface area contributed by atoms with Crippen molar-refractivity contribution in [2.75, 3.05) is 19.0 Å². The smallest absolute Gasteiger partial charge is 0.341 e. The monoisotopic (exact) mass is 505 g/mol. The number of methoxy groups -OCH3 is 1. The Morgan fingerprint density at radius 1 is 1.08 bits per heavy atom. The molecule has 1 N–H and O–H groups in total. The molecule has 0 bridgehead atoms. The summed E-state index contributed by atoms with van der Waals surface area (Å²) in [5, 5.41) is 3.46. The lowest BCUT2D eigenvalue weighted by molar-refractivity contribution is -0.111. The number of esters is 1. The summed E-state index contributed by atoms with van der Waals surface area (Å²) in [5.41, 5.74) is 4.60. The van der Waals surface area contributed by atoms with Crippen LogP contribution in [0.3, 0.4) is 0 Å². The summed E-state index contributed by atoms with van der Waals surface area (Å²) in [7, 11) is 1.59. The van der Waals surface area contributed by atoms with Crippen molar-refractivity contribution >= 4 is 34.3 Å². The van der Waals surface area contributed by atoms with Crippen LogP contribution in [0, 0.1) is 6.92 Å². The summed E-state index contributed by atoms with van der Waals surface area (Å²) in [6, 6.07) is 13.6. The topological polar surface area (TPSA) is 73.9 Å². The van der Waals surface area contributed by atoms with E-state index in [4.69, 9.17) is 14.2 Å². The van der Waals surface area contributed by atoms with E-state index in [0.29, 0.717) is 35.3 Å². The molecule has 7 heteroatoms. The van der Waals surface area contributed by atoms with Gasteiger partial charge in [0.05, 0.1) is 19.3 Å². The van der Waals surface area contributed by atoms with Crippen LogP contribution in [0.25, 0.3) is 6.08 Å². The van der Waals surface area contributed by atoms with E-state index < -0.39 is 0 Å². The van der Waals surface area contributed by atoms with Crippen LogP contribution in [-0.4, -0.2) is 25.6 Å². The number of carbonyl (C=O) groups excluding carboxylic acids is 2. The molecule has 0 radical (unpaired) electrons. The van der Waals surface area contributed by atoms with E-state index in [0.717, 1.165) is 47.3 Å². The van der Waals surface area contributed by atoms with Gasteiger partial charge in [-0.15, -0.1) is 11.3 Å². The van der Waals surface area contributed by atoms with Gasteiger partial charge in [0.2, 0.25) is 5.91 Å². The fourth-order valence-corrected chi connectivity index (χ4v) is 5.51. The first-order valence-corrected chi connectivity index (χ1v) is 13.0. The Labute approximate surface area is 215 Å². The number of amides is 1. The van der Waals surface area contributed by atoms with Gasteiger partial charge in [0.15, 0.2) is 11.5 Å². The standard InChI is InChI=1S/C29H31NO5S/c1-4-34-29(32)27-22-11-7-8-12-25(22)36-28(27)30-26(31)16-14-20-13-15-23(24(17-20)33-3)35-18-21-10-6-5-9-19(21)2/h5-6,9-10,13-17H,4,7-8,11-12,18H2,1-3H3,(H,30,31)/b16-14+. The molecule has 2 aromatic carbocycles. The second-order valence-corrected chi connectivity index (χ2v) is 9.69. The van der Waals surface area contributed by atoms with E-state index in [1.54, 1.807) is 20.1 Å². The quantitative estimate of drug-likeness (QED) is 0.271. The minimum absolute atomic E-state index is 0.295. The Kier molecular flexibility index (Phi) is 8.44. The summed E-state index contributed by atoms with van der Waals surface area (Å²) in [6.45, 7) is 4.57. The van der Waals surface area contributed by atoms with E-state index in [9.17, 15) is 9.59 Å². The third-order valence-electron chi connectivity index (χ3n) is 6.15. The normalized spacial score (nSPS) is 12.8. The van der Waals surface area contributed by atoms with Gasteiger partial charge in [-0.3, -0.25) is 4.79 Å². The zero-order chi connectivity index (χ0) is 25.5. The fraction of sp³-hybridized carbons (Fsp3) is 0.310. The van der Waals surface area contributed by atoms with Crippen LogP contribution in [0.1, 0.15) is 57.3 Å². The molecule has 1 amide bonds. The van der Waals surface area contributed by atoms with E-state index in [1.165, 1.54) is 23.0 Å². The summed E-state index contributed by atoms with van der Waals surface area (Å²) >= 11 is 1.48. The molecule has 188 valence electrons. The van der Waals surface area contributed by atoms with Crippen LogP contribution >= 0.6 is 11.3 Å². The molecule has 4 rings (SSSR count). The van der Waals surface area contributed by atoms with Gasteiger partial charge in [-0.25, -0.2) is 4.79 Å². The van der Waals surface area contributed by atoms with Gasteiger partial charge in [0.1, 0.15) is 11.6 Å². The highest BCUT2D eigenvalue weighted by atomic mass is 32.1. The number of rotatable bonds is 9. The lowest BCUT2D eigenvalue weighted by Gasteiger charge is -2.12. The van der Waals surface area contributed by atoms with Gasteiger partial charge >= 0.3 is 5.97 Å². The average Bonchev–Trinajstić information content (AvgIpc) is 3.25. The first-order valence-electron chi connectivity index (χ1n) is 12.2. The van der Waals surface area contributed by atoms with Crippen LogP contribution in [0.4, 0.5) is 5.00 Å². The molecule has 6 nitrogen and oxygen atoms in total. The Morgan fingerprint density at radius 3 is 2.67 bits per heavy atom. The maximum Gasteiger partial charge on any atom is 0.341 e. The Balaban J connectivity index is 1.45. The van der Waals surface area contributed by atoms with Crippen LogP contribution in [-0.2, 0) is 29.0 Å². The van der Waals surface area contributed by atoms with Gasteiger partial charge in [0.25, 0.3) is 0 Å². The van der Waals surface area contributed by atoms with Gasteiger partial charge in [-0.05, 0) is 80.0 Å². The number of ether oxygens (including phenoxy) is 3. The lowest BCUT2D eigenvalue weighted by Crippen LogP contribution is -2.14. The number of carbonyl (C=O) groups is 2. The molecule has 3 aromatic rings. The summed E-state index contributed by atoms with van der Waals surface area (Å²) in [4.78, 5) is 26.5. The SMILES string of the molecule is CCOC(=O)c1c(NC(=O)/C=C/c2ccc(OCc3ccccc3C)c(OC)c2)sc2c1CCCC2. The minimum atomic E-state index is -0.373. The van der Waals surface area contributed by atoms with Crippen molar-refractivity contribution in [2.24, 2.45) is 0 Å². The van der Waals surface area contributed by atoms with E-state index in [1.807, 2.05) is 36.4 Å². The summed E-state index contributed by atoms with van der Waals surface area (Å²) in [6.07, 6.45) is 7.06. The number of hydrogen-bond acceptors (Lipinski definition) is 6. The Bertz CT molecular complexity index is 1280. The Morgan fingerprint density at radius 2 is 1.89 bits per heavy atom. The zero-order valence-electron chi connectivity index (χ0n) is 20.9. The lowest BCUT2D eigenvalue weighted by atomic mass is 9.95. The van der Waals surface area contributed by atoms with Crippen molar-refractivity contribution in [1.29, 1.82) is 0 Å². The number of nitrogens with one attached hydrogen (secondary N) is 1. The molecule has 1 aliphatic carbocycles. The van der Waals surface area contributed by atoms with Crippen molar-refractivity contribution in [1.82, 2.24) is 0 Å². The molecular formula is C29H31NO5S. The number of fused-ring (bicyclic) bond motifs is 1. The summed E-state index contributed by atoms with van der Waals surface area (Å²) in [5.74, 6) is 0.535. The molecule has 1 heterocycles.